The Morgan fingerprint density at radius 1 is 1.27 bits per heavy atom. The topological polar surface area (TPSA) is 38.9 Å². The van der Waals surface area contributed by atoms with Gasteiger partial charge < -0.3 is 5.73 Å². The zero-order chi connectivity index (χ0) is 10.7. The van der Waals surface area contributed by atoms with Gasteiger partial charge in [-0.25, -0.2) is 4.98 Å². The number of thiazole rings is 1. The molecule has 2 nitrogen and oxygen atoms in total. The largest absolute Gasteiger partial charge is 0.375 e. The molecule has 0 spiro atoms. The van der Waals surface area contributed by atoms with E-state index in [-0.39, 0.29) is 0 Å². The van der Waals surface area contributed by atoms with Gasteiger partial charge in [-0.1, -0.05) is 29.8 Å². The van der Waals surface area contributed by atoms with Crippen molar-refractivity contribution in [2.24, 2.45) is 0 Å². The third kappa shape index (κ3) is 2.70. The molecule has 1 aromatic carbocycles. The lowest BCUT2D eigenvalue weighted by molar-refractivity contribution is 0.928. The number of hydrogen-bond acceptors (Lipinski definition) is 3. The molecular formula is C11H11ClN2S. The number of nitrogen functional groups attached to an aromatic ring is 1. The number of rotatable bonds is 3. The van der Waals surface area contributed by atoms with Crippen LogP contribution in [0.15, 0.2) is 29.6 Å². The van der Waals surface area contributed by atoms with Crippen LogP contribution in [0, 0.1) is 0 Å². The lowest BCUT2D eigenvalue weighted by atomic mass is 10.1. The summed E-state index contributed by atoms with van der Waals surface area (Å²) in [5, 5.41) is 3.44. The SMILES string of the molecule is Nc1nc(CCc2ccccc2Cl)cs1. The van der Waals surface area contributed by atoms with Crippen molar-refractivity contribution in [2.75, 3.05) is 5.73 Å². The first-order valence-electron chi connectivity index (χ1n) is 4.69. The van der Waals surface area contributed by atoms with E-state index in [1.54, 1.807) is 0 Å². The Kier molecular flexibility index (Phi) is 3.23. The van der Waals surface area contributed by atoms with Gasteiger partial charge in [-0.2, -0.15) is 0 Å². The zero-order valence-electron chi connectivity index (χ0n) is 8.11. The standard InChI is InChI=1S/C11H11ClN2S/c12-10-4-2-1-3-8(10)5-6-9-7-15-11(13)14-9/h1-4,7H,5-6H2,(H2,13,14). The summed E-state index contributed by atoms with van der Waals surface area (Å²) in [6.07, 6.45) is 1.79. The van der Waals surface area contributed by atoms with Gasteiger partial charge in [0.05, 0.1) is 5.69 Å². The van der Waals surface area contributed by atoms with Gasteiger partial charge in [0.2, 0.25) is 0 Å². The fraction of sp³-hybridized carbons (Fsp3) is 0.182. The molecule has 0 aliphatic rings. The molecule has 0 saturated heterocycles. The number of aryl methyl sites for hydroxylation is 2. The summed E-state index contributed by atoms with van der Waals surface area (Å²) in [7, 11) is 0. The number of benzene rings is 1. The van der Waals surface area contributed by atoms with Gasteiger partial charge >= 0.3 is 0 Å². The Hall–Kier alpha value is -1.06. The molecule has 2 rings (SSSR count). The highest BCUT2D eigenvalue weighted by Crippen LogP contribution is 2.18. The molecule has 0 amide bonds. The number of nitrogens with zero attached hydrogens (tertiary/aromatic N) is 1. The molecule has 0 fully saturated rings. The van der Waals surface area contributed by atoms with Gasteiger partial charge in [0.15, 0.2) is 5.13 Å². The van der Waals surface area contributed by atoms with E-state index in [1.165, 1.54) is 11.3 Å². The highest BCUT2D eigenvalue weighted by atomic mass is 35.5. The van der Waals surface area contributed by atoms with Crippen LogP contribution in [-0.2, 0) is 12.8 Å². The monoisotopic (exact) mass is 238 g/mol. The average Bonchev–Trinajstić information content (AvgIpc) is 2.63. The van der Waals surface area contributed by atoms with Crippen molar-refractivity contribution in [1.82, 2.24) is 4.98 Å². The van der Waals surface area contributed by atoms with E-state index in [0.29, 0.717) is 5.13 Å². The molecule has 2 N–H and O–H groups in total. The first-order chi connectivity index (χ1) is 7.25. The Labute approximate surface area is 97.7 Å². The molecule has 0 aliphatic carbocycles. The summed E-state index contributed by atoms with van der Waals surface area (Å²) in [4.78, 5) is 4.21. The van der Waals surface area contributed by atoms with E-state index < -0.39 is 0 Å². The van der Waals surface area contributed by atoms with Gasteiger partial charge in [-0.05, 0) is 24.5 Å². The Balaban J connectivity index is 2.02. The molecule has 0 aliphatic heterocycles. The molecule has 78 valence electrons. The van der Waals surface area contributed by atoms with Gasteiger partial charge in [-0.15, -0.1) is 11.3 Å². The highest BCUT2D eigenvalue weighted by Gasteiger charge is 2.02. The summed E-state index contributed by atoms with van der Waals surface area (Å²) >= 11 is 7.53. The number of aromatic nitrogens is 1. The summed E-state index contributed by atoms with van der Waals surface area (Å²) in [5.74, 6) is 0. The fourth-order valence-electron chi connectivity index (χ4n) is 1.40. The molecule has 1 aromatic heterocycles. The van der Waals surface area contributed by atoms with Crippen LogP contribution in [-0.4, -0.2) is 4.98 Å². The maximum absolute atomic E-state index is 6.05. The Morgan fingerprint density at radius 3 is 2.73 bits per heavy atom. The Morgan fingerprint density at radius 2 is 2.07 bits per heavy atom. The first kappa shape index (κ1) is 10.5. The van der Waals surface area contributed by atoms with Crippen molar-refractivity contribution in [1.29, 1.82) is 0 Å². The van der Waals surface area contributed by atoms with E-state index in [4.69, 9.17) is 17.3 Å². The third-order valence-electron chi connectivity index (χ3n) is 2.18. The van der Waals surface area contributed by atoms with Crippen LogP contribution < -0.4 is 5.73 Å². The van der Waals surface area contributed by atoms with E-state index in [0.717, 1.165) is 29.1 Å². The van der Waals surface area contributed by atoms with Crippen molar-refractivity contribution < 1.29 is 0 Å². The van der Waals surface area contributed by atoms with E-state index in [9.17, 15) is 0 Å². The summed E-state index contributed by atoms with van der Waals surface area (Å²) in [6.45, 7) is 0. The normalized spacial score (nSPS) is 10.5. The molecule has 0 atom stereocenters. The van der Waals surface area contributed by atoms with Crippen LogP contribution in [0.2, 0.25) is 5.02 Å². The summed E-state index contributed by atoms with van der Waals surface area (Å²) < 4.78 is 0. The van der Waals surface area contributed by atoms with E-state index in [2.05, 4.69) is 4.98 Å². The lowest BCUT2D eigenvalue weighted by Gasteiger charge is -2.01. The van der Waals surface area contributed by atoms with Crippen molar-refractivity contribution in [2.45, 2.75) is 12.8 Å². The minimum atomic E-state index is 0.629. The molecule has 0 saturated carbocycles. The Bertz CT molecular complexity index is 453. The van der Waals surface area contributed by atoms with Crippen LogP contribution in [0.25, 0.3) is 0 Å². The maximum atomic E-state index is 6.05. The summed E-state index contributed by atoms with van der Waals surface area (Å²) in [5.41, 5.74) is 7.76. The van der Waals surface area contributed by atoms with Gasteiger partial charge in [0, 0.05) is 10.4 Å². The summed E-state index contributed by atoms with van der Waals surface area (Å²) in [6, 6.07) is 7.88. The van der Waals surface area contributed by atoms with Crippen molar-refractivity contribution >= 4 is 28.1 Å². The van der Waals surface area contributed by atoms with Gasteiger partial charge in [-0.3, -0.25) is 0 Å². The minimum Gasteiger partial charge on any atom is -0.375 e. The van der Waals surface area contributed by atoms with Crippen molar-refractivity contribution in [3.8, 4) is 0 Å². The average molecular weight is 239 g/mol. The highest BCUT2D eigenvalue weighted by molar-refractivity contribution is 7.13. The number of hydrogen-bond donors (Lipinski definition) is 1. The van der Waals surface area contributed by atoms with Crippen LogP contribution in [0.4, 0.5) is 5.13 Å². The third-order valence-corrected chi connectivity index (χ3v) is 3.27. The smallest absolute Gasteiger partial charge is 0.180 e. The molecule has 1 heterocycles. The first-order valence-corrected chi connectivity index (χ1v) is 5.95. The molecule has 0 radical (unpaired) electrons. The minimum absolute atomic E-state index is 0.629. The molecule has 0 bridgehead atoms. The van der Waals surface area contributed by atoms with Crippen molar-refractivity contribution in [3.05, 3.63) is 45.9 Å². The van der Waals surface area contributed by atoms with Crippen LogP contribution in [0.5, 0.6) is 0 Å². The van der Waals surface area contributed by atoms with Crippen LogP contribution in [0.1, 0.15) is 11.3 Å². The fourth-order valence-corrected chi connectivity index (χ4v) is 2.23. The lowest BCUT2D eigenvalue weighted by Crippen LogP contribution is -1.93. The quantitative estimate of drug-likeness (QED) is 0.892. The zero-order valence-corrected chi connectivity index (χ0v) is 9.68. The van der Waals surface area contributed by atoms with Crippen molar-refractivity contribution in [3.63, 3.8) is 0 Å². The van der Waals surface area contributed by atoms with Crippen LogP contribution >= 0.6 is 22.9 Å². The molecule has 0 unspecified atom stereocenters. The second-order valence-electron chi connectivity index (χ2n) is 3.27. The molecule has 4 heteroatoms. The second kappa shape index (κ2) is 4.64. The van der Waals surface area contributed by atoms with Gasteiger partial charge in [0.25, 0.3) is 0 Å². The second-order valence-corrected chi connectivity index (χ2v) is 4.57. The number of nitrogens with two attached hydrogens (primary N) is 1. The van der Waals surface area contributed by atoms with E-state index >= 15 is 0 Å². The molecular weight excluding hydrogens is 228 g/mol. The van der Waals surface area contributed by atoms with Gasteiger partial charge in [0.1, 0.15) is 0 Å². The number of halogens is 1. The maximum Gasteiger partial charge on any atom is 0.180 e. The molecule has 15 heavy (non-hydrogen) atoms. The predicted octanol–water partition coefficient (Wildman–Crippen LogP) is 3.16. The van der Waals surface area contributed by atoms with Crippen LogP contribution in [0.3, 0.4) is 0 Å². The van der Waals surface area contributed by atoms with E-state index in [1.807, 2.05) is 29.6 Å². The number of anilines is 1. The predicted molar refractivity (Wildman–Crippen MR) is 65.4 cm³/mol. The molecule has 2 aromatic rings.